The molecule has 146 valence electrons. The maximum Gasteiger partial charge on any atom is 0.227 e. The molecule has 28 heavy (non-hydrogen) atoms. The van der Waals surface area contributed by atoms with Crippen molar-refractivity contribution in [3.8, 4) is 0 Å². The second-order valence-corrected chi connectivity index (χ2v) is 11.1. The van der Waals surface area contributed by atoms with Crippen molar-refractivity contribution in [2.24, 2.45) is 17.8 Å². The van der Waals surface area contributed by atoms with E-state index < -0.39 is 0 Å². The van der Waals surface area contributed by atoms with Crippen LogP contribution < -0.4 is 10.6 Å². The lowest BCUT2D eigenvalue weighted by atomic mass is 9.79. The van der Waals surface area contributed by atoms with Crippen molar-refractivity contribution in [2.75, 3.05) is 22.1 Å². The first-order chi connectivity index (χ1) is 13.7. The molecule has 2 saturated carbocycles. The molecule has 1 spiro atoms. The van der Waals surface area contributed by atoms with E-state index in [0.717, 1.165) is 41.7 Å². The van der Waals surface area contributed by atoms with Crippen molar-refractivity contribution in [1.82, 2.24) is 0 Å². The largest absolute Gasteiger partial charge is 0.356 e. The molecule has 5 heteroatoms. The third kappa shape index (κ3) is 3.43. The van der Waals surface area contributed by atoms with Gasteiger partial charge in [0.15, 0.2) is 0 Å². The number of benzene rings is 2. The summed E-state index contributed by atoms with van der Waals surface area (Å²) in [7, 11) is 0. The molecule has 2 aromatic rings. The lowest BCUT2D eigenvalue weighted by Gasteiger charge is -2.42. The number of thioether (sulfide) groups is 2. The maximum atomic E-state index is 12.9. The van der Waals surface area contributed by atoms with Crippen molar-refractivity contribution in [2.45, 2.75) is 29.8 Å². The van der Waals surface area contributed by atoms with Crippen molar-refractivity contribution in [3.05, 3.63) is 54.6 Å². The standard InChI is InChI=1S/C23H26N2OS2/c26-22(16-14-17-6-7-18(15-16)23(17)27-12-13-28-23)25-21-10-8-20(9-11-21)24-19-4-2-1-3-5-19/h1-5,8-11,16-18,24H,6-7,12-15H2,(H,25,26)/t16?,17-,18+. The molecule has 2 N–H and O–H groups in total. The fourth-order valence-corrected chi connectivity index (χ4v) is 9.12. The second-order valence-electron chi connectivity index (χ2n) is 8.12. The van der Waals surface area contributed by atoms with Crippen molar-refractivity contribution < 1.29 is 4.79 Å². The Bertz CT molecular complexity index is 817. The van der Waals surface area contributed by atoms with Crippen LogP contribution in [0.3, 0.4) is 0 Å². The molecule has 2 aliphatic carbocycles. The molecule has 3 aliphatic rings. The molecule has 5 rings (SSSR count). The van der Waals surface area contributed by atoms with Gasteiger partial charge in [-0.05, 0) is 73.9 Å². The van der Waals surface area contributed by atoms with Crippen LogP contribution in [0.1, 0.15) is 25.7 Å². The normalized spacial score (nSPS) is 27.6. The van der Waals surface area contributed by atoms with Gasteiger partial charge >= 0.3 is 0 Å². The molecule has 3 nitrogen and oxygen atoms in total. The predicted octanol–water partition coefficient (Wildman–Crippen LogP) is 5.98. The Balaban J connectivity index is 1.20. The molecule has 2 aromatic carbocycles. The Hall–Kier alpha value is -1.59. The van der Waals surface area contributed by atoms with Gasteiger partial charge in [-0.3, -0.25) is 4.79 Å². The van der Waals surface area contributed by atoms with E-state index in [-0.39, 0.29) is 11.8 Å². The predicted molar refractivity (Wildman–Crippen MR) is 121 cm³/mol. The van der Waals surface area contributed by atoms with Gasteiger partial charge in [0.2, 0.25) is 5.91 Å². The molecule has 3 fully saturated rings. The number of hydrogen-bond donors (Lipinski definition) is 2. The van der Waals surface area contributed by atoms with Crippen LogP contribution in [0, 0.1) is 17.8 Å². The van der Waals surface area contributed by atoms with Crippen LogP contribution >= 0.6 is 23.5 Å². The van der Waals surface area contributed by atoms with Gasteiger partial charge < -0.3 is 10.6 Å². The van der Waals surface area contributed by atoms with Crippen molar-refractivity contribution in [1.29, 1.82) is 0 Å². The van der Waals surface area contributed by atoms with Gasteiger partial charge in [0.05, 0.1) is 4.08 Å². The summed E-state index contributed by atoms with van der Waals surface area (Å²) in [6.07, 6.45) is 4.76. The van der Waals surface area contributed by atoms with Gasteiger partial charge in [-0.15, -0.1) is 23.5 Å². The Kier molecular flexibility index (Phi) is 5.06. The highest BCUT2D eigenvalue weighted by Crippen LogP contribution is 2.65. The summed E-state index contributed by atoms with van der Waals surface area (Å²) in [5.41, 5.74) is 2.98. The SMILES string of the molecule is O=C(Nc1ccc(Nc2ccccc2)cc1)C1C[C@H]2CC[C@@H](C1)C21SCCS1. The summed E-state index contributed by atoms with van der Waals surface area (Å²) in [6, 6.07) is 18.1. The zero-order valence-electron chi connectivity index (χ0n) is 15.9. The first kappa shape index (κ1) is 18.4. The van der Waals surface area contributed by atoms with E-state index in [1.165, 1.54) is 24.3 Å². The average Bonchev–Trinajstić information content (AvgIpc) is 3.25. The minimum atomic E-state index is 0.173. The number of rotatable bonds is 4. The number of nitrogens with one attached hydrogen (secondary N) is 2. The van der Waals surface area contributed by atoms with Crippen LogP contribution in [0.2, 0.25) is 0 Å². The van der Waals surface area contributed by atoms with E-state index in [4.69, 9.17) is 0 Å². The van der Waals surface area contributed by atoms with Gasteiger partial charge in [-0.25, -0.2) is 0 Å². The third-order valence-electron chi connectivity index (χ3n) is 6.46. The molecule has 1 aliphatic heterocycles. The number of carbonyl (C=O) groups is 1. The molecule has 1 unspecified atom stereocenters. The van der Waals surface area contributed by atoms with Gasteiger partial charge in [0, 0.05) is 34.5 Å². The highest BCUT2D eigenvalue weighted by Gasteiger charge is 2.57. The smallest absolute Gasteiger partial charge is 0.227 e. The monoisotopic (exact) mass is 410 g/mol. The Labute approximate surface area is 175 Å². The lowest BCUT2D eigenvalue weighted by molar-refractivity contribution is -0.121. The average molecular weight is 411 g/mol. The Morgan fingerprint density at radius 1 is 0.821 bits per heavy atom. The van der Waals surface area contributed by atoms with Crippen LogP contribution in [0.5, 0.6) is 0 Å². The fraction of sp³-hybridized carbons (Fsp3) is 0.435. The highest BCUT2D eigenvalue weighted by molar-refractivity contribution is 8.21. The molecule has 0 aromatic heterocycles. The van der Waals surface area contributed by atoms with E-state index in [0.29, 0.717) is 4.08 Å². The van der Waals surface area contributed by atoms with Crippen molar-refractivity contribution >= 4 is 46.5 Å². The summed E-state index contributed by atoms with van der Waals surface area (Å²) < 4.78 is 0.446. The quantitative estimate of drug-likeness (QED) is 0.650. The van der Waals surface area contributed by atoms with Crippen LogP contribution in [0.4, 0.5) is 17.1 Å². The molecule has 1 heterocycles. The zero-order valence-corrected chi connectivity index (χ0v) is 17.5. The second kappa shape index (κ2) is 7.68. The number of anilines is 3. The molecule has 1 amide bonds. The molecule has 2 bridgehead atoms. The molecule has 0 radical (unpaired) electrons. The van der Waals surface area contributed by atoms with E-state index in [1.807, 2.05) is 54.6 Å². The number of carbonyl (C=O) groups excluding carboxylic acids is 1. The van der Waals surface area contributed by atoms with E-state index in [1.54, 1.807) is 0 Å². The number of para-hydroxylation sites is 1. The highest BCUT2D eigenvalue weighted by atomic mass is 32.2. The van der Waals surface area contributed by atoms with E-state index in [2.05, 4.69) is 34.2 Å². The molecule has 1 saturated heterocycles. The van der Waals surface area contributed by atoms with Crippen LogP contribution in [-0.2, 0) is 4.79 Å². The third-order valence-corrected chi connectivity index (χ3v) is 10.5. The van der Waals surface area contributed by atoms with Gasteiger partial charge in [0.25, 0.3) is 0 Å². The summed E-state index contributed by atoms with van der Waals surface area (Å²) in [6.45, 7) is 0. The minimum absolute atomic E-state index is 0.173. The first-order valence-electron chi connectivity index (χ1n) is 10.2. The van der Waals surface area contributed by atoms with E-state index >= 15 is 0 Å². The number of amides is 1. The maximum absolute atomic E-state index is 12.9. The van der Waals surface area contributed by atoms with Gasteiger partial charge in [-0.2, -0.15) is 0 Å². The molecular formula is C23H26N2OS2. The summed E-state index contributed by atoms with van der Waals surface area (Å²) in [5, 5.41) is 6.55. The summed E-state index contributed by atoms with van der Waals surface area (Å²) in [4.78, 5) is 12.9. The zero-order chi connectivity index (χ0) is 19.0. The molecule has 3 atom stereocenters. The van der Waals surface area contributed by atoms with Crippen LogP contribution in [0.25, 0.3) is 0 Å². The number of hydrogen-bond acceptors (Lipinski definition) is 4. The summed E-state index contributed by atoms with van der Waals surface area (Å²) >= 11 is 4.38. The van der Waals surface area contributed by atoms with Crippen LogP contribution in [-0.4, -0.2) is 21.5 Å². The first-order valence-corrected chi connectivity index (χ1v) is 12.2. The van der Waals surface area contributed by atoms with Crippen LogP contribution in [0.15, 0.2) is 54.6 Å². The van der Waals surface area contributed by atoms with Gasteiger partial charge in [0.1, 0.15) is 0 Å². The van der Waals surface area contributed by atoms with Crippen molar-refractivity contribution in [3.63, 3.8) is 0 Å². The minimum Gasteiger partial charge on any atom is -0.356 e. The molecular weight excluding hydrogens is 384 g/mol. The topological polar surface area (TPSA) is 41.1 Å². The Morgan fingerprint density at radius 3 is 2.04 bits per heavy atom. The fourth-order valence-electron chi connectivity index (χ4n) is 5.18. The summed E-state index contributed by atoms with van der Waals surface area (Å²) in [5.74, 6) is 4.40. The van der Waals surface area contributed by atoms with Gasteiger partial charge in [-0.1, -0.05) is 18.2 Å². The lowest BCUT2D eigenvalue weighted by Crippen LogP contribution is -2.41. The van der Waals surface area contributed by atoms with E-state index in [9.17, 15) is 4.79 Å². The Morgan fingerprint density at radius 2 is 1.39 bits per heavy atom.